The lowest BCUT2D eigenvalue weighted by atomic mass is 10.1. The van der Waals surface area contributed by atoms with Gasteiger partial charge in [0.25, 0.3) is 5.91 Å². The first kappa shape index (κ1) is 17.7. The summed E-state index contributed by atoms with van der Waals surface area (Å²) < 4.78 is 11.9. The number of fused-ring (bicyclic) bond motifs is 1. The molecule has 0 bridgehead atoms. The van der Waals surface area contributed by atoms with Crippen LogP contribution in [-0.4, -0.2) is 31.4 Å². The molecule has 0 unspecified atom stereocenters. The number of para-hydroxylation sites is 1. The molecule has 1 N–H and O–H groups in total. The minimum absolute atomic E-state index is 0.0452. The molecular formula is C20H20N2O4. The van der Waals surface area contributed by atoms with Crippen LogP contribution in [0.2, 0.25) is 0 Å². The fourth-order valence-electron chi connectivity index (χ4n) is 2.80. The fourth-order valence-corrected chi connectivity index (χ4v) is 2.80. The molecule has 3 aromatic rings. The Kier molecular flexibility index (Phi) is 5.34. The van der Waals surface area contributed by atoms with E-state index in [1.165, 1.54) is 7.11 Å². The maximum atomic E-state index is 12.7. The van der Waals surface area contributed by atoms with Crippen LogP contribution in [0.25, 0.3) is 10.9 Å². The number of hydrogen-bond donors (Lipinski definition) is 1. The third kappa shape index (κ3) is 3.60. The van der Waals surface area contributed by atoms with Crippen molar-refractivity contribution < 1.29 is 14.3 Å². The first-order valence-corrected chi connectivity index (χ1v) is 8.16. The van der Waals surface area contributed by atoms with Gasteiger partial charge in [0, 0.05) is 25.2 Å². The summed E-state index contributed by atoms with van der Waals surface area (Å²) in [5.41, 5.74) is 1.61. The van der Waals surface area contributed by atoms with E-state index in [0.29, 0.717) is 11.9 Å². The Morgan fingerprint density at radius 2 is 1.81 bits per heavy atom. The number of nitrogens with one attached hydrogen (secondary N) is 1. The highest BCUT2D eigenvalue weighted by Gasteiger charge is 2.15. The van der Waals surface area contributed by atoms with E-state index in [1.807, 2.05) is 41.0 Å². The second-order valence-electron chi connectivity index (χ2n) is 5.80. The zero-order valence-electron chi connectivity index (χ0n) is 14.7. The number of amides is 1. The van der Waals surface area contributed by atoms with Gasteiger partial charge >= 0.3 is 0 Å². The van der Waals surface area contributed by atoms with Crippen molar-refractivity contribution in [3.05, 3.63) is 76.1 Å². The number of rotatable bonds is 6. The summed E-state index contributed by atoms with van der Waals surface area (Å²) in [6.45, 7) is 0.568. The zero-order chi connectivity index (χ0) is 18.5. The molecular weight excluding hydrogens is 332 g/mol. The topological polar surface area (TPSA) is 69.6 Å². The highest BCUT2D eigenvalue weighted by molar-refractivity contribution is 5.97. The van der Waals surface area contributed by atoms with Gasteiger partial charge in [-0.15, -0.1) is 0 Å². The fraction of sp³-hybridized carbons (Fsp3) is 0.200. The number of hydrogen-bond acceptors (Lipinski definition) is 4. The molecule has 0 aliphatic carbocycles. The molecule has 134 valence electrons. The van der Waals surface area contributed by atoms with E-state index in [-0.39, 0.29) is 17.7 Å². The summed E-state index contributed by atoms with van der Waals surface area (Å²) in [6, 6.07) is 14.9. The minimum atomic E-state index is -0.453. The van der Waals surface area contributed by atoms with Crippen LogP contribution in [-0.2, 0) is 11.3 Å². The Hall–Kier alpha value is -3.12. The number of methoxy groups -OCH3 is 2. The molecule has 26 heavy (non-hydrogen) atoms. The van der Waals surface area contributed by atoms with E-state index in [9.17, 15) is 9.59 Å². The lowest BCUT2D eigenvalue weighted by molar-refractivity contribution is 0.0870. The van der Waals surface area contributed by atoms with Crippen molar-refractivity contribution in [2.45, 2.75) is 6.54 Å². The molecule has 0 atom stereocenters. The summed E-state index contributed by atoms with van der Waals surface area (Å²) in [6.07, 6.45) is 1.60. The molecule has 0 spiro atoms. The summed E-state index contributed by atoms with van der Waals surface area (Å²) in [5, 5.41) is 3.07. The molecule has 1 amide bonds. The van der Waals surface area contributed by atoms with Gasteiger partial charge in [0.05, 0.1) is 12.6 Å². The van der Waals surface area contributed by atoms with Crippen LogP contribution in [0.4, 0.5) is 0 Å². The van der Waals surface area contributed by atoms with Crippen molar-refractivity contribution in [1.29, 1.82) is 0 Å². The van der Waals surface area contributed by atoms with E-state index >= 15 is 0 Å². The van der Waals surface area contributed by atoms with Crippen molar-refractivity contribution in [3.63, 3.8) is 0 Å². The number of ether oxygens (including phenoxy) is 2. The van der Waals surface area contributed by atoms with Gasteiger partial charge < -0.3 is 19.4 Å². The molecule has 0 fully saturated rings. The van der Waals surface area contributed by atoms with Crippen molar-refractivity contribution >= 4 is 16.8 Å². The maximum absolute atomic E-state index is 12.7. The first-order valence-electron chi connectivity index (χ1n) is 8.16. The molecule has 0 saturated heterocycles. The molecule has 0 radical (unpaired) electrons. The molecule has 1 heterocycles. The van der Waals surface area contributed by atoms with Gasteiger partial charge in [0.1, 0.15) is 18.0 Å². The normalized spacial score (nSPS) is 10.7. The van der Waals surface area contributed by atoms with Crippen molar-refractivity contribution in [2.75, 3.05) is 21.0 Å². The number of aromatic nitrogens is 1. The smallest absolute Gasteiger partial charge is 0.258 e. The first-order chi connectivity index (χ1) is 12.6. The van der Waals surface area contributed by atoms with Crippen LogP contribution in [0.3, 0.4) is 0 Å². The molecule has 0 saturated carbocycles. The highest BCUT2D eigenvalue weighted by Crippen LogP contribution is 2.16. The average molecular weight is 352 g/mol. The summed E-state index contributed by atoms with van der Waals surface area (Å²) in [4.78, 5) is 25.0. The Bertz CT molecular complexity index is 977. The monoisotopic (exact) mass is 352 g/mol. The van der Waals surface area contributed by atoms with Crippen LogP contribution in [0, 0.1) is 0 Å². The third-order valence-corrected chi connectivity index (χ3v) is 4.12. The lowest BCUT2D eigenvalue weighted by Crippen LogP contribution is -2.31. The second kappa shape index (κ2) is 7.84. The predicted molar refractivity (Wildman–Crippen MR) is 99.6 cm³/mol. The molecule has 2 aromatic carbocycles. The SMILES string of the molecule is COCNC(=O)c1cn(Cc2ccc(OC)cc2)c2ccccc2c1=O. The van der Waals surface area contributed by atoms with Gasteiger partial charge in [-0.05, 0) is 29.8 Å². The van der Waals surface area contributed by atoms with Gasteiger partial charge in [-0.1, -0.05) is 24.3 Å². The maximum Gasteiger partial charge on any atom is 0.258 e. The van der Waals surface area contributed by atoms with Gasteiger partial charge in [0.15, 0.2) is 0 Å². The van der Waals surface area contributed by atoms with E-state index in [1.54, 1.807) is 25.4 Å². The third-order valence-electron chi connectivity index (χ3n) is 4.12. The van der Waals surface area contributed by atoms with Crippen molar-refractivity contribution in [1.82, 2.24) is 9.88 Å². The molecule has 6 heteroatoms. The van der Waals surface area contributed by atoms with E-state index in [4.69, 9.17) is 9.47 Å². The number of nitrogens with zero attached hydrogens (tertiary/aromatic N) is 1. The number of carbonyl (C=O) groups excluding carboxylic acids is 1. The van der Waals surface area contributed by atoms with Crippen molar-refractivity contribution in [3.8, 4) is 5.75 Å². The van der Waals surface area contributed by atoms with Gasteiger partial charge in [-0.2, -0.15) is 0 Å². The van der Waals surface area contributed by atoms with Crippen LogP contribution < -0.4 is 15.5 Å². The van der Waals surface area contributed by atoms with Gasteiger partial charge in [0.2, 0.25) is 5.43 Å². The molecule has 0 aliphatic rings. The number of benzene rings is 2. The molecule has 6 nitrogen and oxygen atoms in total. The Morgan fingerprint density at radius 1 is 1.08 bits per heavy atom. The van der Waals surface area contributed by atoms with E-state index < -0.39 is 5.91 Å². The summed E-state index contributed by atoms with van der Waals surface area (Å²) >= 11 is 0. The zero-order valence-corrected chi connectivity index (χ0v) is 14.7. The van der Waals surface area contributed by atoms with E-state index in [2.05, 4.69) is 5.32 Å². The Balaban J connectivity index is 2.06. The summed E-state index contributed by atoms with van der Waals surface area (Å²) in [5.74, 6) is 0.323. The van der Waals surface area contributed by atoms with Crippen LogP contribution >= 0.6 is 0 Å². The van der Waals surface area contributed by atoms with Gasteiger partial charge in [-0.3, -0.25) is 9.59 Å². The number of pyridine rings is 1. The average Bonchev–Trinajstić information content (AvgIpc) is 2.69. The predicted octanol–water partition coefficient (Wildman–Crippen LogP) is 2.39. The molecule has 1 aromatic heterocycles. The Morgan fingerprint density at radius 3 is 2.50 bits per heavy atom. The molecule has 0 aliphatic heterocycles. The number of carbonyl (C=O) groups is 1. The van der Waals surface area contributed by atoms with Crippen LogP contribution in [0.1, 0.15) is 15.9 Å². The van der Waals surface area contributed by atoms with Crippen LogP contribution in [0.5, 0.6) is 5.75 Å². The standard InChI is InChI=1S/C20H20N2O4/c1-25-13-21-20(24)17-12-22(11-14-7-9-15(26-2)10-8-14)18-6-4-3-5-16(18)19(17)23/h3-10,12H,11,13H2,1-2H3,(H,21,24). The lowest BCUT2D eigenvalue weighted by Gasteiger charge is -2.14. The van der Waals surface area contributed by atoms with Gasteiger partial charge in [-0.25, -0.2) is 0 Å². The Labute approximate surface area is 151 Å². The largest absolute Gasteiger partial charge is 0.497 e. The molecule has 3 rings (SSSR count). The minimum Gasteiger partial charge on any atom is -0.497 e. The quantitative estimate of drug-likeness (QED) is 0.692. The highest BCUT2D eigenvalue weighted by atomic mass is 16.5. The van der Waals surface area contributed by atoms with Crippen molar-refractivity contribution in [2.24, 2.45) is 0 Å². The van der Waals surface area contributed by atoms with Crippen LogP contribution in [0.15, 0.2) is 59.5 Å². The van der Waals surface area contributed by atoms with E-state index in [0.717, 1.165) is 16.8 Å². The second-order valence-corrected chi connectivity index (χ2v) is 5.80. The summed E-state index contributed by atoms with van der Waals surface area (Å²) in [7, 11) is 3.10.